The van der Waals surface area contributed by atoms with Crippen LogP contribution in [-0.4, -0.2) is 44.7 Å². The Kier molecular flexibility index (Phi) is 9.20. The molecule has 7 nitrogen and oxygen atoms in total. The minimum Gasteiger partial charge on any atom is -0.326 e. The molecule has 0 heterocycles. The fourth-order valence-electron chi connectivity index (χ4n) is 3.35. The molecule has 1 unspecified atom stereocenters. The van der Waals surface area contributed by atoms with Crippen LogP contribution in [0.4, 0.5) is 16.2 Å². The minimum absolute atomic E-state index is 0.241. The Morgan fingerprint density at radius 3 is 2.14 bits per heavy atom. The second-order valence-corrected chi connectivity index (χ2v) is 11.2. The van der Waals surface area contributed by atoms with Crippen molar-refractivity contribution < 1.29 is 18.0 Å². The van der Waals surface area contributed by atoms with Gasteiger partial charge in [-0.2, -0.15) is 11.8 Å². The second kappa shape index (κ2) is 12.1. The molecule has 3 amide bonds. The van der Waals surface area contributed by atoms with E-state index in [2.05, 4.69) is 16.0 Å². The van der Waals surface area contributed by atoms with Gasteiger partial charge in [0.05, 0.1) is 4.90 Å². The zero-order chi connectivity index (χ0) is 25.4. The average molecular weight is 532 g/mol. The third-order valence-corrected chi connectivity index (χ3v) is 7.14. The zero-order valence-corrected chi connectivity index (χ0v) is 21.6. The van der Waals surface area contributed by atoms with E-state index < -0.39 is 21.9 Å². The van der Waals surface area contributed by atoms with Crippen molar-refractivity contribution in [2.24, 2.45) is 0 Å². The van der Waals surface area contributed by atoms with Crippen LogP contribution in [0.3, 0.4) is 0 Å². The number of benzene rings is 3. The molecule has 0 fully saturated rings. The molecule has 0 saturated heterocycles. The molecule has 0 aromatic heterocycles. The Morgan fingerprint density at radius 1 is 0.914 bits per heavy atom. The van der Waals surface area contributed by atoms with E-state index in [1.165, 1.54) is 6.26 Å². The normalized spacial score (nSPS) is 12.0. The monoisotopic (exact) mass is 531 g/mol. The molecule has 0 saturated carbocycles. The molecule has 0 bridgehead atoms. The maximum atomic E-state index is 12.9. The largest absolute Gasteiger partial charge is 0.326 e. The Balaban J connectivity index is 1.69. The van der Waals surface area contributed by atoms with Crippen molar-refractivity contribution in [3.05, 3.63) is 77.8 Å². The van der Waals surface area contributed by atoms with Gasteiger partial charge in [0.2, 0.25) is 5.91 Å². The molecular formula is C25H26ClN3O4S2. The molecule has 3 aromatic rings. The second-order valence-electron chi connectivity index (χ2n) is 7.77. The number of nitrogens with one attached hydrogen (secondary N) is 3. The van der Waals surface area contributed by atoms with Crippen LogP contribution in [-0.2, 0) is 14.6 Å². The van der Waals surface area contributed by atoms with Crippen molar-refractivity contribution in [2.75, 3.05) is 28.9 Å². The van der Waals surface area contributed by atoms with E-state index in [-0.39, 0.29) is 10.8 Å². The number of thioether (sulfide) groups is 1. The van der Waals surface area contributed by atoms with Crippen LogP contribution in [0.1, 0.15) is 6.42 Å². The lowest BCUT2D eigenvalue weighted by atomic mass is 10.1. The number of carbonyl (C=O) groups is 2. The van der Waals surface area contributed by atoms with E-state index >= 15 is 0 Å². The van der Waals surface area contributed by atoms with Crippen LogP contribution >= 0.6 is 23.4 Å². The molecule has 184 valence electrons. The number of rotatable bonds is 9. The third kappa shape index (κ3) is 7.74. The van der Waals surface area contributed by atoms with Crippen LogP contribution in [0.5, 0.6) is 0 Å². The molecular weight excluding hydrogens is 506 g/mol. The van der Waals surface area contributed by atoms with Crippen molar-refractivity contribution in [3.8, 4) is 11.1 Å². The summed E-state index contributed by atoms with van der Waals surface area (Å²) in [5, 5.41) is 8.79. The highest BCUT2D eigenvalue weighted by Crippen LogP contribution is 2.28. The molecule has 35 heavy (non-hydrogen) atoms. The van der Waals surface area contributed by atoms with Gasteiger partial charge in [-0.15, -0.1) is 0 Å². The van der Waals surface area contributed by atoms with Crippen molar-refractivity contribution in [2.45, 2.75) is 17.4 Å². The summed E-state index contributed by atoms with van der Waals surface area (Å²) in [6.45, 7) is 0. The quantitative estimate of drug-likeness (QED) is 0.348. The summed E-state index contributed by atoms with van der Waals surface area (Å²) in [4.78, 5) is 25.6. The standard InChI is InChI=1S/C25H26ClN3O4S2/c1-34-16-15-22(29-25(31)28-20-13-9-18(26)10-14-20)24(30)27-19-11-7-17(8-12-19)21-5-3-4-6-23(21)35(2,32)33/h3-14,22H,15-16H2,1-2H3,(H,27,30)(H2,28,29,31). The molecule has 10 heteroatoms. The fraction of sp³-hybridized carbons (Fsp3) is 0.200. The van der Waals surface area contributed by atoms with Gasteiger partial charge in [0.25, 0.3) is 0 Å². The van der Waals surface area contributed by atoms with Gasteiger partial charge >= 0.3 is 6.03 Å². The summed E-state index contributed by atoms with van der Waals surface area (Å²) in [7, 11) is -3.39. The molecule has 0 aliphatic carbocycles. The van der Waals surface area contributed by atoms with Crippen LogP contribution in [0.2, 0.25) is 5.02 Å². The van der Waals surface area contributed by atoms with Gasteiger partial charge in [-0.25, -0.2) is 13.2 Å². The number of hydrogen-bond donors (Lipinski definition) is 3. The van der Waals surface area contributed by atoms with Gasteiger partial charge in [0.1, 0.15) is 6.04 Å². The van der Waals surface area contributed by atoms with E-state index in [0.717, 1.165) is 0 Å². The third-order valence-electron chi connectivity index (χ3n) is 5.08. The van der Waals surface area contributed by atoms with Gasteiger partial charge in [0.15, 0.2) is 9.84 Å². The molecule has 0 spiro atoms. The van der Waals surface area contributed by atoms with Gasteiger partial charge in [-0.1, -0.05) is 41.9 Å². The SMILES string of the molecule is CSCCC(NC(=O)Nc1ccc(Cl)cc1)C(=O)Nc1ccc(-c2ccccc2S(C)(=O)=O)cc1. The lowest BCUT2D eigenvalue weighted by molar-refractivity contribution is -0.117. The first-order chi connectivity index (χ1) is 16.7. The highest BCUT2D eigenvalue weighted by molar-refractivity contribution is 7.98. The van der Waals surface area contributed by atoms with E-state index in [9.17, 15) is 18.0 Å². The molecule has 1 atom stereocenters. The van der Waals surface area contributed by atoms with E-state index in [1.54, 1.807) is 84.6 Å². The van der Waals surface area contributed by atoms with Crippen molar-refractivity contribution in [1.29, 1.82) is 0 Å². The van der Waals surface area contributed by atoms with Gasteiger partial charge < -0.3 is 16.0 Å². The first kappa shape index (κ1) is 26.6. The lowest BCUT2D eigenvalue weighted by Gasteiger charge is -2.19. The molecule has 0 aliphatic rings. The number of anilines is 2. The predicted molar refractivity (Wildman–Crippen MR) is 144 cm³/mol. The number of carbonyl (C=O) groups excluding carboxylic acids is 2. The number of sulfone groups is 1. The van der Waals surface area contributed by atoms with Gasteiger partial charge in [-0.3, -0.25) is 4.79 Å². The lowest BCUT2D eigenvalue weighted by Crippen LogP contribution is -2.45. The number of urea groups is 1. The fourth-order valence-corrected chi connectivity index (χ4v) is 4.86. The summed E-state index contributed by atoms with van der Waals surface area (Å²) in [6, 6.07) is 19.1. The summed E-state index contributed by atoms with van der Waals surface area (Å²) in [5.41, 5.74) is 2.39. The van der Waals surface area contributed by atoms with E-state index in [0.29, 0.717) is 39.7 Å². The minimum atomic E-state index is -3.39. The Morgan fingerprint density at radius 2 is 1.51 bits per heavy atom. The molecule has 3 N–H and O–H groups in total. The summed E-state index contributed by atoms with van der Waals surface area (Å²) >= 11 is 7.44. The summed E-state index contributed by atoms with van der Waals surface area (Å²) in [5.74, 6) is 0.329. The van der Waals surface area contributed by atoms with Gasteiger partial charge in [0, 0.05) is 28.2 Å². The number of hydrogen-bond acceptors (Lipinski definition) is 5. The molecule has 0 radical (unpaired) electrons. The number of halogens is 1. The predicted octanol–water partition coefficient (Wildman–Crippen LogP) is 5.29. The van der Waals surface area contributed by atoms with Gasteiger partial charge in [-0.05, 0) is 66.5 Å². The first-order valence-corrected chi connectivity index (χ1v) is 14.4. The average Bonchev–Trinajstić information content (AvgIpc) is 2.83. The topological polar surface area (TPSA) is 104 Å². The Bertz CT molecular complexity index is 1280. The van der Waals surface area contributed by atoms with Crippen LogP contribution in [0, 0.1) is 0 Å². The van der Waals surface area contributed by atoms with Crippen LogP contribution in [0.25, 0.3) is 11.1 Å². The van der Waals surface area contributed by atoms with Crippen molar-refractivity contribution in [1.82, 2.24) is 5.32 Å². The highest BCUT2D eigenvalue weighted by atomic mass is 35.5. The van der Waals surface area contributed by atoms with Crippen LogP contribution < -0.4 is 16.0 Å². The van der Waals surface area contributed by atoms with E-state index in [1.807, 2.05) is 6.26 Å². The summed E-state index contributed by atoms with van der Waals surface area (Å²) < 4.78 is 24.2. The zero-order valence-electron chi connectivity index (χ0n) is 19.2. The van der Waals surface area contributed by atoms with E-state index in [4.69, 9.17) is 11.6 Å². The van der Waals surface area contributed by atoms with Crippen molar-refractivity contribution >= 4 is 56.5 Å². The number of amides is 3. The Hall–Kier alpha value is -3.01. The van der Waals surface area contributed by atoms with Crippen molar-refractivity contribution in [3.63, 3.8) is 0 Å². The van der Waals surface area contributed by atoms with Crippen LogP contribution in [0.15, 0.2) is 77.7 Å². The summed E-state index contributed by atoms with van der Waals surface area (Å²) in [6.07, 6.45) is 3.54. The maximum Gasteiger partial charge on any atom is 0.319 e. The first-order valence-electron chi connectivity index (χ1n) is 10.7. The highest BCUT2D eigenvalue weighted by Gasteiger charge is 2.21. The smallest absolute Gasteiger partial charge is 0.319 e. The molecule has 0 aliphatic heterocycles. The maximum absolute atomic E-state index is 12.9. The molecule has 3 aromatic carbocycles. The molecule has 3 rings (SSSR count). The Labute approximate surface area is 214 Å².